The number of hydrogen-bond acceptors (Lipinski definition) is 6. The van der Waals surface area contributed by atoms with E-state index < -0.39 is 0 Å². The van der Waals surface area contributed by atoms with E-state index in [0.717, 1.165) is 22.6 Å². The normalized spacial score (nSPS) is 12.5. The minimum absolute atomic E-state index is 0.0282. The predicted molar refractivity (Wildman–Crippen MR) is 156 cm³/mol. The maximum atomic E-state index is 8.87. The van der Waals surface area contributed by atoms with E-state index in [1.165, 1.54) is 34.4 Å². The molecule has 0 atom stereocenters. The third kappa shape index (κ3) is 5.15. The molecule has 2 heterocycles. The van der Waals surface area contributed by atoms with Gasteiger partial charge in [-0.3, -0.25) is 0 Å². The van der Waals surface area contributed by atoms with Crippen molar-refractivity contribution in [3.05, 3.63) is 119 Å². The fourth-order valence-electron chi connectivity index (χ4n) is 4.92. The SMILES string of the molecule is CC1(C)c2cc(-c3ccc(/C=C/C=C(C#N)C#N)o3)ccc2-c2ccc(-c3ccc(/C=C/C=C(C#N)C#N)o3)cc21. The van der Waals surface area contributed by atoms with Gasteiger partial charge in [0, 0.05) is 16.5 Å². The molecule has 0 bridgehead atoms. The van der Waals surface area contributed by atoms with Gasteiger partial charge in [0.15, 0.2) is 0 Å². The second-order valence-electron chi connectivity index (χ2n) is 9.88. The zero-order valence-corrected chi connectivity index (χ0v) is 22.3. The van der Waals surface area contributed by atoms with Gasteiger partial charge in [0.05, 0.1) is 0 Å². The van der Waals surface area contributed by atoms with Crippen LogP contribution in [0.5, 0.6) is 0 Å². The van der Waals surface area contributed by atoms with Gasteiger partial charge in [-0.05, 0) is 83.0 Å². The van der Waals surface area contributed by atoms with Crippen LogP contribution in [0.15, 0.2) is 105 Å². The predicted octanol–water partition coefficient (Wildman–Crippen LogP) is 8.49. The van der Waals surface area contributed by atoms with E-state index in [0.29, 0.717) is 11.5 Å². The summed E-state index contributed by atoms with van der Waals surface area (Å²) in [5, 5.41) is 35.5. The fraction of sp³-hybridized carbons (Fsp3) is 0.0857. The lowest BCUT2D eigenvalue weighted by Gasteiger charge is -2.22. The Labute approximate surface area is 237 Å². The third-order valence-corrected chi connectivity index (χ3v) is 7.03. The molecule has 41 heavy (non-hydrogen) atoms. The van der Waals surface area contributed by atoms with Gasteiger partial charge in [0.25, 0.3) is 0 Å². The zero-order valence-electron chi connectivity index (χ0n) is 22.3. The van der Waals surface area contributed by atoms with E-state index in [1.807, 2.05) is 48.5 Å². The Hall–Kier alpha value is -6.08. The summed E-state index contributed by atoms with van der Waals surface area (Å²) in [6.45, 7) is 4.42. The first kappa shape index (κ1) is 26.5. The number of rotatable bonds is 6. The second kappa shape index (κ2) is 11.0. The van der Waals surface area contributed by atoms with Gasteiger partial charge >= 0.3 is 0 Å². The molecule has 1 aliphatic carbocycles. The van der Waals surface area contributed by atoms with Crippen molar-refractivity contribution >= 4 is 12.2 Å². The largest absolute Gasteiger partial charge is 0.457 e. The van der Waals surface area contributed by atoms with Gasteiger partial charge < -0.3 is 8.83 Å². The van der Waals surface area contributed by atoms with Gasteiger partial charge in [-0.1, -0.05) is 50.3 Å². The van der Waals surface area contributed by atoms with Crippen molar-refractivity contribution in [3.63, 3.8) is 0 Å². The van der Waals surface area contributed by atoms with E-state index in [4.69, 9.17) is 29.9 Å². The molecule has 2 aromatic carbocycles. The van der Waals surface area contributed by atoms with Crippen molar-refractivity contribution in [1.82, 2.24) is 0 Å². The topological polar surface area (TPSA) is 121 Å². The lowest BCUT2D eigenvalue weighted by molar-refractivity contribution is 0.571. The molecule has 194 valence electrons. The summed E-state index contributed by atoms with van der Waals surface area (Å²) in [5.41, 5.74) is 6.48. The standard InChI is InChI=1S/C35H22N4O2/c1-35(2)31-17-25(33-15-11-27(40-33)7-3-5-23(19-36)20-37)9-13-29(31)30-14-10-26(18-32(30)35)34-16-12-28(41-34)8-4-6-24(21-38)22-39/h3-18H,1-2H3/b7-3+,8-4+. The van der Waals surface area contributed by atoms with Crippen LogP contribution in [-0.2, 0) is 5.41 Å². The van der Waals surface area contributed by atoms with Gasteiger partial charge in [-0.25, -0.2) is 0 Å². The molecule has 2 aromatic heterocycles. The highest BCUT2D eigenvalue weighted by molar-refractivity contribution is 5.85. The first-order valence-electron chi connectivity index (χ1n) is 12.7. The van der Waals surface area contributed by atoms with Crippen LogP contribution in [-0.4, -0.2) is 0 Å². The number of nitrogens with zero attached hydrogens (tertiary/aromatic N) is 4. The van der Waals surface area contributed by atoms with E-state index in [9.17, 15) is 0 Å². The number of furan rings is 2. The van der Waals surface area contributed by atoms with Crippen molar-refractivity contribution in [2.75, 3.05) is 0 Å². The molecular formula is C35H22N4O2. The van der Waals surface area contributed by atoms with Crippen molar-refractivity contribution < 1.29 is 8.83 Å². The molecule has 0 amide bonds. The number of nitriles is 4. The third-order valence-electron chi connectivity index (χ3n) is 7.03. The van der Waals surface area contributed by atoms with E-state index in [-0.39, 0.29) is 16.6 Å². The maximum absolute atomic E-state index is 8.87. The molecule has 0 saturated heterocycles. The highest BCUT2D eigenvalue weighted by atomic mass is 16.3. The Morgan fingerprint density at radius 2 is 1.02 bits per heavy atom. The molecule has 6 heteroatoms. The lowest BCUT2D eigenvalue weighted by Crippen LogP contribution is -2.15. The van der Waals surface area contributed by atoms with Gasteiger partial charge in [0.1, 0.15) is 58.5 Å². The summed E-state index contributed by atoms with van der Waals surface area (Å²) >= 11 is 0. The highest BCUT2D eigenvalue weighted by Crippen LogP contribution is 2.50. The van der Waals surface area contributed by atoms with Crippen molar-refractivity contribution in [2.24, 2.45) is 0 Å². The number of hydrogen-bond donors (Lipinski definition) is 0. The average Bonchev–Trinajstić information content (AvgIpc) is 3.71. The summed E-state index contributed by atoms with van der Waals surface area (Å²) in [4.78, 5) is 0. The molecule has 0 N–H and O–H groups in total. The van der Waals surface area contributed by atoms with Crippen LogP contribution in [0.25, 0.3) is 45.9 Å². The van der Waals surface area contributed by atoms with Crippen LogP contribution in [0.1, 0.15) is 36.5 Å². The molecule has 0 saturated carbocycles. The first-order chi connectivity index (χ1) is 19.9. The smallest absolute Gasteiger partial charge is 0.134 e. The summed E-state index contributed by atoms with van der Waals surface area (Å²) in [6, 6.07) is 27.5. The minimum atomic E-state index is -0.257. The molecule has 6 nitrogen and oxygen atoms in total. The Balaban J connectivity index is 1.41. The summed E-state index contributed by atoms with van der Waals surface area (Å²) in [5.74, 6) is 2.71. The molecular weight excluding hydrogens is 508 g/mol. The molecule has 5 rings (SSSR count). The lowest BCUT2D eigenvalue weighted by atomic mass is 9.81. The molecule has 1 aliphatic rings. The van der Waals surface area contributed by atoms with Gasteiger partial charge in [0.2, 0.25) is 0 Å². The van der Waals surface area contributed by atoms with Crippen LogP contribution in [0.2, 0.25) is 0 Å². The monoisotopic (exact) mass is 530 g/mol. The Bertz CT molecular complexity index is 1790. The van der Waals surface area contributed by atoms with E-state index >= 15 is 0 Å². The molecule has 0 spiro atoms. The Kier molecular flexibility index (Phi) is 7.09. The summed E-state index contributed by atoms with van der Waals surface area (Å²) in [6.07, 6.45) is 9.58. The number of benzene rings is 2. The van der Waals surface area contributed by atoms with Crippen LogP contribution in [0.3, 0.4) is 0 Å². The average molecular weight is 531 g/mol. The fourth-order valence-corrected chi connectivity index (χ4v) is 4.92. The van der Waals surface area contributed by atoms with Gasteiger partial charge in [-0.2, -0.15) is 21.0 Å². The van der Waals surface area contributed by atoms with Crippen LogP contribution in [0, 0.1) is 45.3 Å². The van der Waals surface area contributed by atoms with Crippen molar-refractivity contribution in [3.8, 4) is 58.1 Å². The van der Waals surface area contributed by atoms with Crippen LogP contribution >= 0.6 is 0 Å². The summed E-state index contributed by atoms with van der Waals surface area (Å²) < 4.78 is 12.0. The second-order valence-corrected chi connectivity index (χ2v) is 9.88. The molecule has 0 unspecified atom stereocenters. The quantitative estimate of drug-likeness (QED) is 0.182. The Morgan fingerprint density at radius 1 is 0.610 bits per heavy atom. The zero-order chi connectivity index (χ0) is 29.0. The molecule has 4 aromatic rings. The minimum Gasteiger partial charge on any atom is -0.457 e. The molecule has 0 radical (unpaired) electrons. The van der Waals surface area contributed by atoms with Crippen molar-refractivity contribution in [1.29, 1.82) is 21.0 Å². The van der Waals surface area contributed by atoms with E-state index in [1.54, 1.807) is 24.3 Å². The number of allylic oxidation sites excluding steroid dienone is 6. The number of fused-ring (bicyclic) bond motifs is 3. The van der Waals surface area contributed by atoms with Gasteiger partial charge in [-0.15, -0.1) is 0 Å². The van der Waals surface area contributed by atoms with Crippen molar-refractivity contribution in [2.45, 2.75) is 19.3 Å². The first-order valence-corrected chi connectivity index (χ1v) is 12.7. The van der Waals surface area contributed by atoms with Crippen LogP contribution in [0.4, 0.5) is 0 Å². The van der Waals surface area contributed by atoms with Crippen LogP contribution < -0.4 is 0 Å². The molecule has 0 aliphatic heterocycles. The highest BCUT2D eigenvalue weighted by Gasteiger charge is 2.36. The summed E-state index contributed by atoms with van der Waals surface area (Å²) in [7, 11) is 0. The maximum Gasteiger partial charge on any atom is 0.134 e. The Morgan fingerprint density at radius 3 is 1.41 bits per heavy atom. The van der Waals surface area contributed by atoms with E-state index in [2.05, 4.69) is 50.2 Å². The molecule has 0 fully saturated rings.